The highest BCUT2D eigenvalue weighted by Gasteiger charge is 2.11. The van der Waals surface area contributed by atoms with Gasteiger partial charge >= 0.3 is 0 Å². The average Bonchev–Trinajstić information content (AvgIpc) is 2.32. The first-order valence-electron chi connectivity index (χ1n) is 6.79. The maximum absolute atomic E-state index is 5.78. The number of benzene rings is 1. The van der Waals surface area contributed by atoms with Gasteiger partial charge in [0, 0.05) is 8.07 Å². The van der Waals surface area contributed by atoms with Gasteiger partial charge in [0.1, 0.15) is 5.75 Å². The number of aryl methyl sites for hydroxylation is 1. The van der Waals surface area contributed by atoms with Gasteiger partial charge in [0.2, 0.25) is 0 Å². The van der Waals surface area contributed by atoms with Crippen molar-refractivity contribution in [1.82, 2.24) is 0 Å². The SMILES string of the molecule is C[Si](C)(C)CCCOc1ccc(CCCI)cc1. The quantitative estimate of drug-likeness (QED) is 0.264. The third kappa shape index (κ3) is 7.41. The van der Waals surface area contributed by atoms with E-state index in [1.54, 1.807) is 0 Å². The van der Waals surface area contributed by atoms with Crippen LogP contribution in [0.5, 0.6) is 5.75 Å². The predicted octanol–water partition coefficient (Wildman–Crippen LogP) is 5.16. The summed E-state index contributed by atoms with van der Waals surface area (Å²) in [6, 6.07) is 9.95. The molecule has 1 aromatic rings. The highest BCUT2D eigenvalue weighted by molar-refractivity contribution is 14.1. The van der Waals surface area contributed by atoms with Gasteiger partial charge in [-0.1, -0.05) is 60.4 Å². The Morgan fingerprint density at radius 2 is 1.72 bits per heavy atom. The summed E-state index contributed by atoms with van der Waals surface area (Å²) < 4.78 is 7.01. The molecule has 0 aromatic heterocycles. The van der Waals surface area contributed by atoms with Crippen LogP contribution in [0.25, 0.3) is 0 Å². The lowest BCUT2D eigenvalue weighted by molar-refractivity contribution is 0.316. The molecule has 0 saturated carbocycles. The molecule has 0 aliphatic rings. The number of hydrogen-bond donors (Lipinski definition) is 0. The normalized spacial score (nSPS) is 11.6. The molecule has 102 valence electrons. The number of hydrogen-bond acceptors (Lipinski definition) is 1. The van der Waals surface area contributed by atoms with E-state index in [-0.39, 0.29) is 0 Å². The molecule has 0 amide bonds. The van der Waals surface area contributed by atoms with E-state index in [0.29, 0.717) is 0 Å². The lowest BCUT2D eigenvalue weighted by atomic mass is 10.1. The molecular formula is C15H25IOSi. The Bertz CT molecular complexity index is 329. The smallest absolute Gasteiger partial charge is 0.119 e. The maximum Gasteiger partial charge on any atom is 0.119 e. The third-order valence-electron chi connectivity index (χ3n) is 2.86. The van der Waals surface area contributed by atoms with Crippen molar-refractivity contribution in [1.29, 1.82) is 0 Å². The van der Waals surface area contributed by atoms with Crippen molar-refractivity contribution >= 4 is 30.7 Å². The van der Waals surface area contributed by atoms with Gasteiger partial charge in [-0.25, -0.2) is 0 Å². The molecule has 0 radical (unpaired) electrons. The average molecular weight is 376 g/mol. The van der Waals surface area contributed by atoms with Crippen molar-refractivity contribution < 1.29 is 4.74 Å². The second-order valence-electron chi connectivity index (χ2n) is 5.95. The lowest BCUT2D eigenvalue weighted by Crippen LogP contribution is -2.19. The number of alkyl halides is 1. The summed E-state index contributed by atoms with van der Waals surface area (Å²) >= 11 is 2.43. The molecule has 0 aliphatic heterocycles. The molecule has 0 N–H and O–H groups in total. The third-order valence-corrected chi connectivity index (χ3v) is 5.48. The molecule has 18 heavy (non-hydrogen) atoms. The van der Waals surface area contributed by atoms with Crippen LogP contribution in [0.4, 0.5) is 0 Å². The Morgan fingerprint density at radius 3 is 2.28 bits per heavy atom. The van der Waals surface area contributed by atoms with Crippen molar-refractivity contribution in [2.75, 3.05) is 11.0 Å². The summed E-state index contributed by atoms with van der Waals surface area (Å²) in [5.74, 6) is 1.02. The lowest BCUT2D eigenvalue weighted by Gasteiger charge is -2.15. The molecule has 0 bridgehead atoms. The molecule has 0 fully saturated rings. The summed E-state index contributed by atoms with van der Waals surface area (Å²) in [5.41, 5.74) is 1.42. The fourth-order valence-corrected chi connectivity index (χ4v) is 3.40. The number of rotatable bonds is 8. The summed E-state index contributed by atoms with van der Waals surface area (Å²) in [7, 11) is -0.900. The maximum atomic E-state index is 5.78. The van der Waals surface area contributed by atoms with Gasteiger partial charge in [-0.2, -0.15) is 0 Å². The van der Waals surface area contributed by atoms with E-state index in [0.717, 1.165) is 12.4 Å². The monoisotopic (exact) mass is 376 g/mol. The van der Waals surface area contributed by atoms with Crippen LogP contribution in [0.3, 0.4) is 0 Å². The zero-order chi connectivity index (χ0) is 13.4. The highest BCUT2D eigenvalue weighted by Crippen LogP contribution is 2.16. The first-order valence-corrected chi connectivity index (χ1v) is 12.0. The predicted molar refractivity (Wildman–Crippen MR) is 91.9 cm³/mol. The van der Waals surface area contributed by atoms with Crippen LogP contribution < -0.4 is 4.74 Å². The number of halogens is 1. The van der Waals surface area contributed by atoms with Gasteiger partial charge in [0.05, 0.1) is 6.61 Å². The van der Waals surface area contributed by atoms with Gasteiger partial charge in [0.25, 0.3) is 0 Å². The molecule has 0 aliphatic carbocycles. The molecule has 3 heteroatoms. The van der Waals surface area contributed by atoms with Crippen LogP contribution in [0.2, 0.25) is 25.7 Å². The Kier molecular flexibility index (Phi) is 7.30. The molecule has 1 aromatic carbocycles. The molecule has 1 rings (SSSR count). The Morgan fingerprint density at radius 1 is 1.06 bits per heavy atom. The van der Waals surface area contributed by atoms with Gasteiger partial charge in [-0.3, -0.25) is 0 Å². The second kappa shape index (κ2) is 8.20. The fourth-order valence-electron chi connectivity index (χ4n) is 1.82. The van der Waals surface area contributed by atoms with Crippen molar-refractivity contribution in [2.45, 2.75) is 44.9 Å². The van der Waals surface area contributed by atoms with Crippen molar-refractivity contribution in [3.63, 3.8) is 0 Å². The van der Waals surface area contributed by atoms with Gasteiger partial charge in [-0.15, -0.1) is 0 Å². The second-order valence-corrected chi connectivity index (χ2v) is 12.6. The summed E-state index contributed by atoms with van der Waals surface area (Å²) in [4.78, 5) is 0. The summed E-state index contributed by atoms with van der Waals surface area (Å²) in [6.07, 6.45) is 3.63. The molecule has 0 saturated heterocycles. The minimum absolute atomic E-state index is 0.858. The van der Waals surface area contributed by atoms with Crippen LogP contribution in [0, 0.1) is 0 Å². The zero-order valence-corrected chi connectivity index (χ0v) is 15.0. The van der Waals surface area contributed by atoms with Crippen molar-refractivity contribution in [3.8, 4) is 5.75 Å². The van der Waals surface area contributed by atoms with Gasteiger partial charge < -0.3 is 4.74 Å². The Labute approximate surface area is 126 Å². The topological polar surface area (TPSA) is 9.23 Å². The fraction of sp³-hybridized carbons (Fsp3) is 0.600. The first-order chi connectivity index (χ1) is 8.51. The molecule has 0 unspecified atom stereocenters. The van der Waals surface area contributed by atoms with E-state index in [2.05, 4.69) is 66.5 Å². The first kappa shape index (κ1) is 16.0. The van der Waals surface area contributed by atoms with Gasteiger partial charge in [-0.05, 0) is 41.4 Å². The molecule has 0 atom stereocenters. The van der Waals surface area contributed by atoms with Crippen LogP contribution >= 0.6 is 22.6 Å². The van der Waals surface area contributed by atoms with E-state index in [4.69, 9.17) is 4.74 Å². The zero-order valence-electron chi connectivity index (χ0n) is 11.8. The van der Waals surface area contributed by atoms with E-state index in [1.165, 1.54) is 35.3 Å². The molecule has 0 heterocycles. The largest absolute Gasteiger partial charge is 0.494 e. The van der Waals surface area contributed by atoms with Crippen LogP contribution in [-0.2, 0) is 6.42 Å². The molecule has 0 spiro atoms. The summed E-state index contributed by atoms with van der Waals surface area (Å²) in [5, 5.41) is 0. The molecular weight excluding hydrogens is 351 g/mol. The standard InChI is InChI=1S/C15H25IOSi/c1-18(2,3)13-5-12-17-15-9-7-14(8-10-15)6-4-11-16/h7-10H,4-6,11-13H2,1-3H3. The summed E-state index contributed by atoms with van der Waals surface area (Å²) in [6.45, 7) is 8.09. The van der Waals surface area contributed by atoms with Crippen LogP contribution in [0.15, 0.2) is 24.3 Å². The van der Waals surface area contributed by atoms with E-state index < -0.39 is 8.07 Å². The minimum atomic E-state index is -0.900. The highest BCUT2D eigenvalue weighted by atomic mass is 127. The van der Waals surface area contributed by atoms with E-state index >= 15 is 0 Å². The van der Waals surface area contributed by atoms with Crippen molar-refractivity contribution in [3.05, 3.63) is 29.8 Å². The Hall–Kier alpha value is -0.0331. The van der Waals surface area contributed by atoms with Crippen LogP contribution in [-0.4, -0.2) is 19.1 Å². The minimum Gasteiger partial charge on any atom is -0.494 e. The van der Waals surface area contributed by atoms with Gasteiger partial charge in [0.15, 0.2) is 0 Å². The number of ether oxygens (including phenoxy) is 1. The molecule has 1 nitrogen and oxygen atoms in total. The van der Waals surface area contributed by atoms with Crippen LogP contribution in [0.1, 0.15) is 18.4 Å². The van der Waals surface area contributed by atoms with E-state index in [1.807, 2.05) is 0 Å². The Balaban J connectivity index is 2.26. The van der Waals surface area contributed by atoms with Crippen molar-refractivity contribution in [2.24, 2.45) is 0 Å². The van der Waals surface area contributed by atoms with E-state index in [9.17, 15) is 0 Å².